The molecule has 0 aliphatic heterocycles. The van der Waals surface area contributed by atoms with E-state index in [1.807, 2.05) is 62.6 Å². The number of aliphatic hydroxyl groups excluding tert-OH is 1. The molecule has 1 aromatic heterocycles. The van der Waals surface area contributed by atoms with Crippen molar-refractivity contribution in [3.05, 3.63) is 35.9 Å². The topological polar surface area (TPSA) is 106 Å². The zero-order chi connectivity index (χ0) is 22.1. The largest absolute Gasteiger partial charge is 0.491 e. The molecule has 1 atom stereocenters. The summed E-state index contributed by atoms with van der Waals surface area (Å²) < 4.78 is 11.0. The van der Waals surface area contributed by atoms with E-state index >= 15 is 0 Å². The van der Waals surface area contributed by atoms with Crippen LogP contribution in [0.1, 0.15) is 19.4 Å². The highest BCUT2D eigenvalue weighted by Crippen LogP contribution is 2.31. The Morgan fingerprint density at radius 3 is 2.70 bits per heavy atom. The molecular weight excluding hydrogens is 400 g/mol. The molecule has 2 rings (SSSR count). The van der Waals surface area contributed by atoms with Gasteiger partial charge in [-0.3, -0.25) is 0 Å². The SMILES string of the molecule is CNCC(O)COc1cccc(-c2cc(NSN(C)C)c(C=N)c(NC(C)C)n2)c1. The highest BCUT2D eigenvalue weighted by molar-refractivity contribution is 7.98. The lowest BCUT2D eigenvalue weighted by molar-refractivity contribution is 0.108. The number of aromatic nitrogens is 1. The first kappa shape index (κ1) is 23.9. The molecule has 1 aromatic carbocycles. The Balaban J connectivity index is 2.38. The van der Waals surface area contributed by atoms with Crippen molar-refractivity contribution >= 4 is 29.9 Å². The fourth-order valence-electron chi connectivity index (χ4n) is 2.69. The predicted octanol–water partition coefficient (Wildman–Crippen LogP) is 3.06. The van der Waals surface area contributed by atoms with Crippen LogP contribution in [-0.2, 0) is 0 Å². The van der Waals surface area contributed by atoms with Gasteiger partial charge in [-0.25, -0.2) is 9.29 Å². The van der Waals surface area contributed by atoms with Crippen LogP contribution in [0.3, 0.4) is 0 Å². The van der Waals surface area contributed by atoms with Crippen molar-refractivity contribution in [3.8, 4) is 17.0 Å². The Hall–Kier alpha value is -2.33. The van der Waals surface area contributed by atoms with Gasteiger partial charge in [-0.1, -0.05) is 12.1 Å². The molecule has 2 aromatic rings. The highest BCUT2D eigenvalue weighted by atomic mass is 32.2. The second kappa shape index (κ2) is 11.8. The first-order valence-corrected chi connectivity index (χ1v) is 10.6. The third-order valence-electron chi connectivity index (χ3n) is 3.98. The van der Waals surface area contributed by atoms with Crippen LogP contribution in [0.15, 0.2) is 30.3 Å². The number of ether oxygens (including phenoxy) is 1. The van der Waals surface area contributed by atoms with E-state index in [-0.39, 0.29) is 12.6 Å². The maximum Gasteiger partial charge on any atom is 0.137 e. The van der Waals surface area contributed by atoms with Crippen LogP contribution in [-0.4, -0.2) is 67.1 Å². The molecule has 0 spiro atoms. The van der Waals surface area contributed by atoms with Crippen LogP contribution in [0.4, 0.5) is 11.5 Å². The average Bonchev–Trinajstić information content (AvgIpc) is 2.70. The summed E-state index contributed by atoms with van der Waals surface area (Å²) >= 11 is 1.43. The first-order valence-electron chi connectivity index (χ1n) is 9.82. The number of pyridine rings is 1. The number of nitrogens with one attached hydrogen (secondary N) is 4. The maximum absolute atomic E-state index is 9.87. The summed E-state index contributed by atoms with van der Waals surface area (Å²) in [6.45, 7) is 4.75. The minimum Gasteiger partial charge on any atom is -0.491 e. The van der Waals surface area contributed by atoms with Gasteiger partial charge in [0.2, 0.25) is 0 Å². The number of hydrogen-bond donors (Lipinski definition) is 5. The van der Waals surface area contributed by atoms with E-state index in [1.54, 1.807) is 7.05 Å². The average molecular weight is 433 g/mol. The minimum absolute atomic E-state index is 0.170. The smallest absolute Gasteiger partial charge is 0.137 e. The lowest BCUT2D eigenvalue weighted by atomic mass is 10.1. The summed E-state index contributed by atoms with van der Waals surface area (Å²) in [5, 5.41) is 24.0. The monoisotopic (exact) mass is 432 g/mol. The number of anilines is 2. The van der Waals surface area contributed by atoms with Crippen LogP contribution in [0.25, 0.3) is 11.3 Å². The number of benzene rings is 1. The molecule has 0 fully saturated rings. The van der Waals surface area contributed by atoms with Crippen LogP contribution in [0.2, 0.25) is 0 Å². The second-order valence-electron chi connectivity index (χ2n) is 7.32. The summed E-state index contributed by atoms with van der Waals surface area (Å²) in [6.07, 6.45) is 0.729. The van der Waals surface area contributed by atoms with Crippen LogP contribution in [0.5, 0.6) is 5.75 Å². The van der Waals surface area contributed by atoms with E-state index in [4.69, 9.17) is 15.1 Å². The highest BCUT2D eigenvalue weighted by Gasteiger charge is 2.14. The normalized spacial score (nSPS) is 12.1. The second-order valence-corrected chi connectivity index (χ2v) is 8.43. The lowest BCUT2D eigenvalue weighted by Crippen LogP contribution is -2.29. The summed E-state index contributed by atoms with van der Waals surface area (Å²) in [5.41, 5.74) is 3.14. The Morgan fingerprint density at radius 1 is 1.30 bits per heavy atom. The summed E-state index contributed by atoms with van der Waals surface area (Å²) in [7, 11) is 5.68. The van der Waals surface area contributed by atoms with Gasteiger partial charge in [0.15, 0.2) is 0 Å². The molecule has 9 heteroatoms. The molecule has 1 heterocycles. The van der Waals surface area contributed by atoms with Gasteiger partial charge in [-0.2, -0.15) is 0 Å². The van der Waals surface area contributed by atoms with Crippen molar-refractivity contribution in [2.24, 2.45) is 0 Å². The molecule has 0 aliphatic rings. The van der Waals surface area contributed by atoms with Gasteiger partial charge in [0.25, 0.3) is 0 Å². The standard InChI is InChI=1S/C21H32N6O2S/c1-14(2)24-21-18(11-22)20(26-30-27(4)5)10-19(25-21)15-7-6-8-17(9-15)29-13-16(28)12-23-3/h6-11,14,16,22-23,28H,12-13H2,1-5H3,(H2,24,25,26). The van der Waals surface area contributed by atoms with Crippen molar-refractivity contribution in [2.75, 3.05) is 44.3 Å². The molecule has 0 saturated carbocycles. The molecule has 30 heavy (non-hydrogen) atoms. The number of nitrogens with zero attached hydrogens (tertiary/aromatic N) is 2. The molecule has 1 unspecified atom stereocenters. The molecule has 0 saturated heterocycles. The van der Waals surface area contributed by atoms with Crippen LogP contribution in [0, 0.1) is 5.41 Å². The number of likely N-dealkylation sites (N-methyl/N-ethyl adjacent to an activating group) is 1. The van der Waals surface area contributed by atoms with Gasteiger partial charge in [0.1, 0.15) is 24.3 Å². The quantitative estimate of drug-likeness (QED) is 0.257. The lowest BCUT2D eigenvalue weighted by Gasteiger charge is -2.19. The van der Waals surface area contributed by atoms with Crippen LogP contribution < -0.4 is 20.1 Å². The van der Waals surface area contributed by atoms with Crippen molar-refractivity contribution in [1.82, 2.24) is 14.6 Å². The minimum atomic E-state index is -0.579. The van der Waals surface area contributed by atoms with Crippen molar-refractivity contribution in [3.63, 3.8) is 0 Å². The van der Waals surface area contributed by atoms with Gasteiger partial charge < -0.3 is 30.6 Å². The summed E-state index contributed by atoms with van der Waals surface area (Å²) in [5.74, 6) is 1.31. The van der Waals surface area contributed by atoms with E-state index in [2.05, 4.69) is 15.4 Å². The van der Waals surface area contributed by atoms with E-state index in [1.165, 1.54) is 18.3 Å². The number of aliphatic hydroxyl groups is 1. The Bertz CT molecular complexity index is 831. The molecule has 0 bridgehead atoms. The first-order chi connectivity index (χ1) is 14.3. The molecule has 164 valence electrons. The maximum atomic E-state index is 9.87. The molecule has 5 N–H and O–H groups in total. The summed E-state index contributed by atoms with van der Waals surface area (Å²) in [4.78, 5) is 4.77. The molecular formula is C21H32N6O2S. The molecule has 8 nitrogen and oxygen atoms in total. The van der Waals surface area contributed by atoms with Gasteiger partial charge >= 0.3 is 0 Å². The van der Waals surface area contributed by atoms with E-state index in [0.717, 1.165) is 16.9 Å². The zero-order valence-corrected chi connectivity index (χ0v) is 19.0. The van der Waals surface area contributed by atoms with E-state index < -0.39 is 6.10 Å². The molecule has 0 amide bonds. The van der Waals surface area contributed by atoms with Gasteiger partial charge in [-0.15, -0.1) is 0 Å². The molecule has 0 aliphatic carbocycles. The van der Waals surface area contributed by atoms with Crippen molar-refractivity contribution < 1.29 is 9.84 Å². The number of hydrogen-bond acceptors (Lipinski definition) is 9. The summed E-state index contributed by atoms with van der Waals surface area (Å²) in [6, 6.07) is 9.72. The van der Waals surface area contributed by atoms with Crippen LogP contribution >= 0.6 is 12.1 Å². The zero-order valence-electron chi connectivity index (χ0n) is 18.2. The Labute approximate surface area is 183 Å². The van der Waals surface area contributed by atoms with E-state index in [9.17, 15) is 5.11 Å². The van der Waals surface area contributed by atoms with Gasteiger partial charge in [0.05, 0.1) is 16.9 Å². The fourth-order valence-corrected chi connectivity index (χ4v) is 3.14. The Morgan fingerprint density at radius 2 is 2.07 bits per heavy atom. The molecule has 0 radical (unpaired) electrons. The third kappa shape index (κ3) is 7.17. The Kier molecular flexibility index (Phi) is 9.38. The van der Waals surface area contributed by atoms with Gasteiger partial charge in [-0.05, 0) is 53.2 Å². The van der Waals surface area contributed by atoms with E-state index in [0.29, 0.717) is 23.7 Å². The number of rotatable bonds is 12. The van der Waals surface area contributed by atoms with Gasteiger partial charge in [0, 0.05) is 36.5 Å². The van der Waals surface area contributed by atoms with Crippen molar-refractivity contribution in [1.29, 1.82) is 5.41 Å². The van der Waals surface area contributed by atoms with Crippen molar-refractivity contribution in [2.45, 2.75) is 26.0 Å². The fraction of sp³-hybridized carbons (Fsp3) is 0.429. The third-order valence-corrected chi connectivity index (χ3v) is 4.65. The predicted molar refractivity (Wildman–Crippen MR) is 127 cm³/mol.